The van der Waals surface area contributed by atoms with E-state index in [0.29, 0.717) is 24.5 Å². The fraction of sp³-hybridized carbons (Fsp3) is 0.316. The smallest absolute Gasteiger partial charge is 0.331 e. The van der Waals surface area contributed by atoms with Gasteiger partial charge in [0, 0.05) is 6.54 Å². The van der Waals surface area contributed by atoms with Gasteiger partial charge < -0.3 is 14.4 Å². The van der Waals surface area contributed by atoms with Crippen LogP contribution in [-0.2, 0) is 9.53 Å². The third-order valence-corrected chi connectivity index (χ3v) is 4.45. The molecule has 0 spiro atoms. The summed E-state index contributed by atoms with van der Waals surface area (Å²) >= 11 is 0. The molecule has 6 heteroatoms. The highest BCUT2D eigenvalue weighted by atomic mass is 16.5. The molecule has 0 bridgehead atoms. The van der Waals surface area contributed by atoms with Gasteiger partial charge >= 0.3 is 5.97 Å². The van der Waals surface area contributed by atoms with Crippen molar-refractivity contribution in [2.24, 2.45) is 0 Å². The zero-order valence-electron chi connectivity index (χ0n) is 14.3. The first-order valence-electron chi connectivity index (χ1n) is 8.14. The minimum Gasteiger partial charge on any atom is -0.467 e. The topological polar surface area (TPSA) is 68.7 Å². The summed E-state index contributed by atoms with van der Waals surface area (Å²) in [5, 5.41) is 0. The van der Waals surface area contributed by atoms with Gasteiger partial charge in [-0.2, -0.15) is 0 Å². The van der Waals surface area contributed by atoms with Crippen molar-refractivity contribution in [3.05, 3.63) is 54.4 Å². The molecule has 1 aromatic carbocycles. The van der Waals surface area contributed by atoms with Crippen molar-refractivity contribution in [3.63, 3.8) is 0 Å². The Morgan fingerprint density at radius 3 is 2.52 bits per heavy atom. The van der Waals surface area contributed by atoms with Crippen molar-refractivity contribution in [2.45, 2.75) is 25.3 Å². The van der Waals surface area contributed by atoms with E-state index >= 15 is 0 Å². The van der Waals surface area contributed by atoms with Gasteiger partial charge in [-0.1, -0.05) is 18.2 Å². The molecular formula is C19H20N2O4. The molecule has 6 nitrogen and oxygen atoms in total. The molecular weight excluding hydrogens is 320 g/mol. The van der Waals surface area contributed by atoms with Gasteiger partial charge in [0.05, 0.1) is 13.3 Å². The largest absolute Gasteiger partial charge is 0.467 e. The molecule has 0 saturated carbocycles. The Kier molecular flexibility index (Phi) is 4.70. The average molecular weight is 340 g/mol. The Morgan fingerprint density at radius 1 is 1.12 bits per heavy atom. The third kappa shape index (κ3) is 3.33. The minimum absolute atomic E-state index is 0.275. The van der Waals surface area contributed by atoms with Crippen LogP contribution >= 0.6 is 0 Å². The fourth-order valence-electron chi connectivity index (χ4n) is 3.05. The van der Waals surface area contributed by atoms with Gasteiger partial charge in [0.2, 0.25) is 0 Å². The normalized spacial score (nSPS) is 19.5. The van der Waals surface area contributed by atoms with E-state index in [1.807, 2.05) is 30.3 Å². The number of aromatic nitrogens is 1. The van der Waals surface area contributed by atoms with Crippen molar-refractivity contribution in [1.82, 2.24) is 9.88 Å². The number of rotatable bonds is 4. The highest BCUT2D eigenvalue weighted by Crippen LogP contribution is 2.31. The minimum atomic E-state index is -0.938. The molecule has 2 aromatic rings. The second-order valence-corrected chi connectivity index (χ2v) is 6.12. The van der Waals surface area contributed by atoms with Crippen molar-refractivity contribution in [1.29, 1.82) is 0 Å². The number of nitrogens with zero attached hydrogens (tertiary/aromatic N) is 2. The fourth-order valence-corrected chi connectivity index (χ4v) is 3.05. The van der Waals surface area contributed by atoms with Gasteiger partial charge in [-0.15, -0.1) is 0 Å². The maximum atomic E-state index is 12.8. The van der Waals surface area contributed by atoms with Crippen molar-refractivity contribution in [3.8, 4) is 11.5 Å². The highest BCUT2D eigenvalue weighted by molar-refractivity contribution is 5.97. The lowest BCUT2D eigenvalue weighted by Crippen LogP contribution is -2.51. The Hall–Kier alpha value is -2.89. The average Bonchev–Trinajstić information content (AvgIpc) is 3.05. The summed E-state index contributed by atoms with van der Waals surface area (Å²) in [7, 11) is 1.34. The summed E-state index contributed by atoms with van der Waals surface area (Å²) in [6, 6.07) is 12.6. The van der Waals surface area contributed by atoms with Crippen LogP contribution in [0.25, 0.3) is 0 Å². The van der Waals surface area contributed by atoms with Gasteiger partial charge in [-0.25, -0.2) is 9.78 Å². The Balaban J connectivity index is 1.75. The number of carbonyl (C=O) groups excluding carboxylic acids is 2. The van der Waals surface area contributed by atoms with Crippen molar-refractivity contribution in [2.75, 3.05) is 13.7 Å². The zero-order chi connectivity index (χ0) is 17.9. The number of methoxy groups -OCH3 is 1. The van der Waals surface area contributed by atoms with Gasteiger partial charge in [0.1, 0.15) is 22.7 Å². The zero-order valence-corrected chi connectivity index (χ0v) is 14.3. The van der Waals surface area contributed by atoms with Crippen LogP contribution in [0.15, 0.2) is 48.7 Å². The molecule has 0 N–H and O–H groups in total. The molecule has 1 fully saturated rings. The van der Waals surface area contributed by atoms with E-state index < -0.39 is 11.5 Å². The Bertz CT molecular complexity index is 761. The summed E-state index contributed by atoms with van der Waals surface area (Å²) in [6.45, 7) is 2.24. The summed E-state index contributed by atoms with van der Waals surface area (Å²) < 4.78 is 10.5. The van der Waals surface area contributed by atoms with Gasteiger partial charge in [0.25, 0.3) is 5.91 Å². The first kappa shape index (κ1) is 17.0. The molecule has 130 valence electrons. The number of ether oxygens (including phenoxy) is 2. The molecule has 1 aliphatic heterocycles. The number of carbonyl (C=O) groups is 2. The summed E-state index contributed by atoms with van der Waals surface area (Å²) in [5.41, 5.74) is -0.662. The quantitative estimate of drug-likeness (QED) is 0.800. The second kappa shape index (κ2) is 6.93. The summed E-state index contributed by atoms with van der Waals surface area (Å²) in [6.07, 6.45) is 2.85. The number of benzene rings is 1. The predicted octanol–water partition coefficient (Wildman–Crippen LogP) is 3.04. The van der Waals surface area contributed by atoms with E-state index in [2.05, 4.69) is 4.98 Å². The first-order valence-corrected chi connectivity index (χ1v) is 8.14. The SMILES string of the molecule is COC(=O)[C@]1(C)CCCN1C(=O)c1ccc(Oc2ccccc2)cn1. The molecule has 1 atom stereocenters. The van der Waals surface area contributed by atoms with Crippen LogP contribution < -0.4 is 4.74 Å². The van der Waals surface area contributed by atoms with Crippen LogP contribution in [0.2, 0.25) is 0 Å². The van der Waals surface area contributed by atoms with Gasteiger partial charge in [0.15, 0.2) is 0 Å². The van der Waals surface area contributed by atoms with E-state index in [1.165, 1.54) is 13.3 Å². The number of para-hydroxylation sites is 1. The maximum Gasteiger partial charge on any atom is 0.331 e. The molecule has 3 rings (SSSR count). The van der Waals surface area contributed by atoms with Crippen LogP contribution in [0.5, 0.6) is 11.5 Å². The number of amides is 1. The van der Waals surface area contributed by atoms with E-state index in [1.54, 1.807) is 24.0 Å². The van der Waals surface area contributed by atoms with Gasteiger partial charge in [-0.05, 0) is 44.0 Å². The lowest BCUT2D eigenvalue weighted by Gasteiger charge is -2.32. The lowest BCUT2D eigenvalue weighted by atomic mass is 9.99. The number of likely N-dealkylation sites (tertiary alicyclic amines) is 1. The number of hydrogen-bond acceptors (Lipinski definition) is 5. The molecule has 1 amide bonds. The van der Waals surface area contributed by atoms with Crippen LogP contribution in [0.4, 0.5) is 0 Å². The van der Waals surface area contributed by atoms with E-state index in [9.17, 15) is 9.59 Å². The highest BCUT2D eigenvalue weighted by Gasteiger charge is 2.47. The van der Waals surface area contributed by atoms with Crippen LogP contribution in [-0.4, -0.2) is 41.0 Å². The van der Waals surface area contributed by atoms with Crippen molar-refractivity contribution < 1.29 is 19.1 Å². The lowest BCUT2D eigenvalue weighted by molar-refractivity contribution is -0.151. The van der Waals surface area contributed by atoms with Gasteiger partial charge in [-0.3, -0.25) is 4.79 Å². The molecule has 2 heterocycles. The van der Waals surface area contributed by atoms with Crippen molar-refractivity contribution >= 4 is 11.9 Å². The third-order valence-electron chi connectivity index (χ3n) is 4.45. The first-order chi connectivity index (χ1) is 12.0. The molecule has 0 aliphatic carbocycles. The maximum absolute atomic E-state index is 12.8. The second-order valence-electron chi connectivity index (χ2n) is 6.12. The summed E-state index contributed by atoms with van der Waals surface area (Å²) in [5.74, 6) is 0.556. The predicted molar refractivity (Wildman–Crippen MR) is 91.4 cm³/mol. The van der Waals surface area contributed by atoms with Crippen LogP contribution in [0, 0.1) is 0 Å². The number of hydrogen-bond donors (Lipinski definition) is 0. The van der Waals surface area contributed by atoms with E-state index in [-0.39, 0.29) is 11.6 Å². The van der Waals surface area contributed by atoms with Crippen LogP contribution in [0.3, 0.4) is 0 Å². The molecule has 0 unspecified atom stereocenters. The summed E-state index contributed by atoms with van der Waals surface area (Å²) in [4.78, 5) is 30.6. The van der Waals surface area contributed by atoms with E-state index in [0.717, 1.165) is 6.42 Å². The number of pyridine rings is 1. The molecule has 1 aromatic heterocycles. The van der Waals surface area contributed by atoms with Crippen LogP contribution in [0.1, 0.15) is 30.3 Å². The monoisotopic (exact) mass is 340 g/mol. The molecule has 1 aliphatic rings. The molecule has 25 heavy (non-hydrogen) atoms. The Morgan fingerprint density at radius 2 is 1.88 bits per heavy atom. The standard InChI is InChI=1S/C19H20N2O4/c1-19(18(23)24-2)11-6-12-21(19)17(22)16-10-9-15(13-20-16)25-14-7-4-3-5-8-14/h3-5,7-10,13H,6,11-12H2,1-2H3/t19-/m0/s1. The number of esters is 1. The molecule has 1 saturated heterocycles. The van der Waals surface area contributed by atoms with E-state index in [4.69, 9.17) is 9.47 Å². The molecule has 0 radical (unpaired) electrons. The Labute approximate surface area is 146 Å².